The molecule has 14 aromatic rings. The molecule has 0 saturated carbocycles. The van der Waals surface area contributed by atoms with E-state index in [-0.39, 0.29) is 5.56 Å². The lowest BCUT2D eigenvalue weighted by Gasteiger charge is -2.25. The first-order chi connectivity index (χ1) is 29.2. The molecular formula is C54H28N2O4. The van der Waals surface area contributed by atoms with E-state index >= 15 is 0 Å². The zero-order valence-electron chi connectivity index (χ0n) is 32.8. The molecule has 12 aromatic carbocycles. The highest BCUT2D eigenvalue weighted by molar-refractivity contribution is 6.48. The summed E-state index contributed by atoms with van der Waals surface area (Å²) in [6.45, 7) is 8.47. The van der Waals surface area contributed by atoms with Crippen LogP contribution in [0.2, 0.25) is 0 Å². The van der Waals surface area contributed by atoms with E-state index in [4.69, 9.17) is 9.72 Å². The SMILES string of the molecule is Cc1cc2c3c(cc(C)c4c5ccc6c7ccc8c9c(C)cc%10c%11c(cc(C)c(c%12ccc(c%13ccc(c1c34)c5c%136)c7c%128)c9%11)c(=O)n1c3ccccc3nc%101)C(=O)OC2=O. The molecule has 278 valence electrons. The van der Waals surface area contributed by atoms with E-state index in [1.54, 1.807) is 4.40 Å². The molecule has 1 aliphatic heterocycles. The van der Waals surface area contributed by atoms with Crippen LogP contribution in [0.1, 0.15) is 43.0 Å². The van der Waals surface area contributed by atoms with Gasteiger partial charge in [-0.2, -0.15) is 0 Å². The van der Waals surface area contributed by atoms with Crippen LogP contribution in [0.5, 0.6) is 0 Å². The molecule has 0 bridgehead atoms. The van der Waals surface area contributed by atoms with Gasteiger partial charge in [0.1, 0.15) is 5.65 Å². The molecule has 0 unspecified atom stereocenters. The fraction of sp³-hybridized carbons (Fsp3) is 0.0741. The Hall–Kier alpha value is -7.70. The number of esters is 2. The van der Waals surface area contributed by atoms with Gasteiger partial charge in [-0.05, 0) is 183 Å². The minimum absolute atomic E-state index is 0.0346. The molecule has 2 aromatic heterocycles. The second kappa shape index (κ2) is 9.76. The predicted octanol–water partition coefficient (Wildman–Crippen LogP) is 12.8. The molecule has 0 N–H and O–H groups in total. The molecule has 0 amide bonds. The molecule has 0 spiro atoms. The van der Waals surface area contributed by atoms with E-state index in [2.05, 4.69) is 88.4 Å². The Bertz CT molecular complexity index is 4360. The van der Waals surface area contributed by atoms with E-state index < -0.39 is 11.9 Å². The number of para-hydroxylation sites is 2. The van der Waals surface area contributed by atoms with E-state index in [0.717, 1.165) is 81.8 Å². The lowest BCUT2D eigenvalue weighted by molar-refractivity contribution is 0.0391. The zero-order valence-corrected chi connectivity index (χ0v) is 32.8. The lowest BCUT2D eigenvalue weighted by Crippen LogP contribution is -2.20. The Morgan fingerprint density at radius 1 is 0.400 bits per heavy atom. The monoisotopic (exact) mass is 768 g/mol. The van der Waals surface area contributed by atoms with Crippen LogP contribution < -0.4 is 5.56 Å². The lowest BCUT2D eigenvalue weighted by atomic mass is 9.79. The van der Waals surface area contributed by atoms with Crippen molar-refractivity contribution in [3.8, 4) is 0 Å². The van der Waals surface area contributed by atoms with Gasteiger partial charge in [0.2, 0.25) is 0 Å². The maximum absolute atomic E-state index is 14.5. The number of hydrogen-bond acceptors (Lipinski definition) is 5. The molecule has 6 nitrogen and oxygen atoms in total. The van der Waals surface area contributed by atoms with Crippen LogP contribution in [-0.4, -0.2) is 21.3 Å². The number of carbonyl (C=O) groups excluding carboxylic acids is 2. The molecule has 0 atom stereocenters. The van der Waals surface area contributed by atoms with Crippen molar-refractivity contribution in [3.05, 3.63) is 141 Å². The molecule has 0 fully saturated rings. The minimum atomic E-state index is -0.590. The Morgan fingerprint density at radius 2 is 0.800 bits per heavy atom. The molecule has 3 heterocycles. The first-order valence-corrected chi connectivity index (χ1v) is 20.4. The summed E-state index contributed by atoms with van der Waals surface area (Å²) in [5.41, 5.74) is 7.40. The predicted molar refractivity (Wildman–Crippen MR) is 245 cm³/mol. The Balaban J connectivity index is 1.14. The van der Waals surface area contributed by atoms with Crippen LogP contribution in [0, 0.1) is 27.7 Å². The molecule has 6 heteroatoms. The minimum Gasteiger partial charge on any atom is -0.386 e. The first-order valence-electron chi connectivity index (χ1n) is 20.4. The summed E-state index contributed by atoms with van der Waals surface area (Å²) in [4.78, 5) is 45.8. The summed E-state index contributed by atoms with van der Waals surface area (Å²) >= 11 is 0. The van der Waals surface area contributed by atoms with Crippen LogP contribution in [-0.2, 0) is 4.74 Å². The second-order valence-electron chi connectivity index (χ2n) is 17.3. The molecule has 15 rings (SSSR count). The molecule has 0 aliphatic carbocycles. The largest absolute Gasteiger partial charge is 0.386 e. The second-order valence-corrected chi connectivity index (χ2v) is 17.3. The van der Waals surface area contributed by atoms with Crippen molar-refractivity contribution in [2.24, 2.45) is 0 Å². The van der Waals surface area contributed by atoms with Crippen LogP contribution >= 0.6 is 0 Å². The normalized spacial score (nSPS) is 13.9. The van der Waals surface area contributed by atoms with Crippen molar-refractivity contribution in [1.82, 2.24) is 9.38 Å². The fourth-order valence-electron chi connectivity index (χ4n) is 12.3. The highest BCUT2D eigenvalue weighted by atomic mass is 16.6. The Kier molecular flexibility index (Phi) is 5.10. The average molecular weight is 769 g/mol. The number of imidazole rings is 1. The van der Waals surface area contributed by atoms with Crippen LogP contribution in [0.4, 0.5) is 0 Å². The van der Waals surface area contributed by atoms with Gasteiger partial charge in [0, 0.05) is 21.5 Å². The summed E-state index contributed by atoms with van der Waals surface area (Å²) in [6.07, 6.45) is 0. The number of fused-ring (bicyclic) bond motifs is 10. The molecule has 1 aliphatic rings. The maximum atomic E-state index is 14.5. The van der Waals surface area contributed by atoms with Gasteiger partial charge in [0.25, 0.3) is 5.56 Å². The Morgan fingerprint density at radius 3 is 1.32 bits per heavy atom. The standard InChI is InChI=1S/C54H28N2O4/c1-21-17-33-47-34(52(57)56-38-8-6-5-7-37(38)55-51(33)56)18-22(2)40-30-14-10-26-28-12-16-32-42-24(4)20-36-48-35(53(58)60-54(36)59)19-23(3)41(50(42)48)31-15-11-27(44(28)46(31)32)25-9-13-29(39(21)49(40)47)45(30)43(25)26/h5-20H,1-4H3. The summed E-state index contributed by atoms with van der Waals surface area (Å²) in [5.74, 6) is -1.18. The van der Waals surface area contributed by atoms with Crippen molar-refractivity contribution in [3.63, 3.8) is 0 Å². The van der Waals surface area contributed by atoms with Gasteiger partial charge in [-0.3, -0.25) is 9.20 Å². The highest BCUT2D eigenvalue weighted by Gasteiger charge is 2.32. The topological polar surface area (TPSA) is 77.7 Å². The molecule has 60 heavy (non-hydrogen) atoms. The number of aromatic nitrogens is 2. The Labute approximate surface area is 338 Å². The van der Waals surface area contributed by atoms with E-state index in [1.165, 1.54) is 64.6 Å². The third kappa shape index (κ3) is 3.21. The number of nitrogens with zero attached hydrogens (tertiary/aromatic N) is 2. The fourth-order valence-corrected chi connectivity index (χ4v) is 12.3. The number of hydrogen-bond donors (Lipinski definition) is 0. The number of pyridine rings is 1. The van der Waals surface area contributed by atoms with E-state index in [1.807, 2.05) is 36.4 Å². The number of rotatable bonds is 0. The van der Waals surface area contributed by atoms with Gasteiger partial charge in [-0.1, -0.05) is 60.7 Å². The van der Waals surface area contributed by atoms with Crippen LogP contribution in [0.15, 0.2) is 102 Å². The zero-order chi connectivity index (χ0) is 39.9. The van der Waals surface area contributed by atoms with Crippen LogP contribution in [0.3, 0.4) is 0 Å². The molecule has 0 saturated heterocycles. The van der Waals surface area contributed by atoms with Crippen molar-refractivity contribution < 1.29 is 14.3 Å². The third-order valence-corrected chi connectivity index (χ3v) is 14.4. The van der Waals surface area contributed by atoms with Gasteiger partial charge in [0.05, 0.1) is 22.2 Å². The summed E-state index contributed by atoms with van der Waals surface area (Å²) < 4.78 is 7.01. The van der Waals surface area contributed by atoms with Gasteiger partial charge in [-0.15, -0.1) is 0 Å². The number of carbonyl (C=O) groups is 2. The van der Waals surface area contributed by atoms with E-state index in [0.29, 0.717) is 22.2 Å². The highest BCUT2D eigenvalue weighted by Crippen LogP contribution is 2.53. The summed E-state index contributed by atoms with van der Waals surface area (Å²) in [7, 11) is 0. The first kappa shape index (κ1) is 31.3. The smallest absolute Gasteiger partial charge is 0.346 e. The van der Waals surface area contributed by atoms with Crippen molar-refractivity contribution >= 4 is 147 Å². The van der Waals surface area contributed by atoms with Gasteiger partial charge < -0.3 is 4.74 Å². The number of cyclic esters (lactones) is 2. The van der Waals surface area contributed by atoms with Gasteiger partial charge >= 0.3 is 11.9 Å². The van der Waals surface area contributed by atoms with Crippen molar-refractivity contribution in [1.29, 1.82) is 0 Å². The van der Waals surface area contributed by atoms with E-state index in [9.17, 15) is 14.4 Å². The quantitative estimate of drug-likeness (QED) is 0.0664. The summed E-state index contributed by atoms with van der Waals surface area (Å²) in [5, 5.41) is 24.3. The maximum Gasteiger partial charge on any atom is 0.346 e. The molecular weight excluding hydrogens is 741 g/mol. The van der Waals surface area contributed by atoms with Crippen molar-refractivity contribution in [2.45, 2.75) is 27.7 Å². The number of aryl methyl sites for hydroxylation is 4. The van der Waals surface area contributed by atoms with Crippen molar-refractivity contribution in [2.75, 3.05) is 0 Å². The molecule has 0 radical (unpaired) electrons. The summed E-state index contributed by atoms with van der Waals surface area (Å²) in [6, 6.07) is 34.3. The number of ether oxygens (including phenoxy) is 1. The van der Waals surface area contributed by atoms with Crippen LogP contribution in [0.25, 0.3) is 135 Å². The third-order valence-electron chi connectivity index (χ3n) is 14.4. The average Bonchev–Trinajstić information content (AvgIpc) is 3.64. The van der Waals surface area contributed by atoms with Gasteiger partial charge in [-0.25, -0.2) is 14.6 Å². The van der Waals surface area contributed by atoms with Gasteiger partial charge in [0.15, 0.2) is 0 Å². The number of benzene rings is 12.